The Labute approximate surface area is 101 Å². The average molecular weight is 253 g/mol. The van der Waals surface area contributed by atoms with Crippen LogP contribution in [0.5, 0.6) is 0 Å². The van der Waals surface area contributed by atoms with Crippen molar-refractivity contribution in [1.29, 1.82) is 0 Å². The van der Waals surface area contributed by atoms with E-state index in [0.29, 0.717) is 6.42 Å². The van der Waals surface area contributed by atoms with Crippen molar-refractivity contribution in [3.63, 3.8) is 0 Å². The molecule has 1 fully saturated rings. The molecule has 0 heterocycles. The van der Waals surface area contributed by atoms with Crippen LogP contribution in [0.15, 0.2) is 0 Å². The van der Waals surface area contributed by atoms with E-state index in [1.807, 2.05) is 7.05 Å². The van der Waals surface area contributed by atoms with Crippen LogP contribution in [0.25, 0.3) is 0 Å². The van der Waals surface area contributed by atoms with Gasteiger partial charge < -0.3 is 10.1 Å². The summed E-state index contributed by atoms with van der Waals surface area (Å²) < 4.78 is 40.1. The normalized spacial score (nSPS) is 20.3. The lowest BCUT2D eigenvalue weighted by molar-refractivity contribution is -0.174. The standard InChI is InChI=1S/C12H22F3NO/c1-11(8-16-2,10-4-5-10)6-3-7-17-9-12(13,14)15/h10,16H,3-9H2,1-2H3. The first-order valence-electron chi connectivity index (χ1n) is 6.16. The second kappa shape index (κ2) is 6.05. The molecule has 1 aliphatic carbocycles. The molecule has 1 saturated carbocycles. The number of nitrogens with one attached hydrogen (secondary N) is 1. The molecule has 2 nitrogen and oxygen atoms in total. The zero-order valence-corrected chi connectivity index (χ0v) is 10.6. The van der Waals surface area contributed by atoms with Gasteiger partial charge in [-0.15, -0.1) is 0 Å². The van der Waals surface area contributed by atoms with Gasteiger partial charge in [0, 0.05) is 13.2 Å². The Balaban J connectivity index is 2.15. The molecular weight excluding hydrogens is 231 g/mol. The fourth-order valence-electron chi connectivity index (χ4n) is 2.39. The van der Waals surface area contributed by atoms with Crippen molar-refractivity contribution >= 4 is 0 Å². The van der Waals surface area contributed by atoms with Crippen LogP contribution in [0.4, 0.5) is 13.2 Å². The summed E-state index contributed by atoms with van der Waals surface area (Å²) in [7, 11) is 1.92. The van der Waals surface area contributed by atoms with Crippen LogP contribution in [-0.2, 0) is 4.74 Å². The highest BCUT2D eigenvalue weighted by molar-refractivity contribution is 4.92. The summed E-state index contributed by atoms with van der Waals surface area (Å²) in [6.07, 6.45) is -0.0743. The largest absolute Gasteiger partial charge is 0.411 e. The zero-order chi connectivity index (χ0) is 12.9. The summed E-state index contributed by atoms with van der Waals surface area (Å²) in [6.45, 7) is 2.21. The van der Waals surface area contributed by atoms with Crippen molar-refractivity contribution in [3.05, 3.63) is 0 Å². The molecule has 1 N–H and O–H groups in total. The van der Waals surface area contributed by atoms with Crippen LogP contribution in [0.3, 0.4) is 0 Å². The summed E-state index contributed by atoms with van der Waals surface area (Å²) in [5.41, 5.74) is 0.219. The minimum atomic E-state index is -4.20. The lowest BCUT2D eigenvalue weighted by Gasteiger charge is -2.29. The third-order valence-corrected chi connectivity index (χ3v) is 3.45. The molecule has 1 rings (SSSR count). The van der Waals surface area contributed by atoms with Gasteiger partial charge in [-0.25, -0.2) is 0 Å². The fourth-order valence-corrected chi connectivity index (χ4v) is 2.39. The number of hydrogen-bond donors (Lipinski definition) is 1. The molecule has 0 aromatic rings. The Morgan fingerprint density at radius 1 is 1.29 bits per heavy atom. The molecule has 1 unspecified atom stereocenters. The fraction of sp³-hybridized carbons (Fsp3) is 1.00. The second-order valence-corrected chi connectivity index (χ2v) is 5.23. The molecule has 5 heteroatoms. The van der Waals surface area contributed by atoms with E-state index in [2.05, 4.69) is 17.0 Å². The highest BCUT2D eigenvalue weighted by atomic mass is 19.4. The number of halogens is 3. The average Bonchev–Trinajstić information content (AvgIpc) is 2.99. The lowest BCUT2D eigenvalue weighted by atomic mass is 9.80. The van der Waals surface area contributed by atoms with Gasteiger partial charge in [0.2, 0.25) is 0 Å². The Morgan fingerprint density at radius 3 is 2.41 bits per heavy atom. The predicted octanol–water partition coefficient (Wildman–Crippen LogP) is 2.98. The summed E-state index contributed by atoms with van der Waals surface area (Å²) in [4.78, 5) is 0. The maximum absolute atomic E-state index is 11.8. The van der Waals surface area contributed by atoms with Crippen LogP contribution in [0.2, 0.25) is 0 Å². The maximum atomic E-state index is 11.8. The Hall–Kier alpha value is -0.290. The molecule has 0 spiro atoms. The molecule has 0 radical (unpaired) electrons. The van der Waals surface area contributed by atoms with E-state index in [0.717, 1.165) is 18.9 Å². The SMILES string of the molecule is CNCC(C)(CCCOCC(F)(F)F)C1CC1. The highest BCUT2D eigenvalue weighted by Gasteiger charge is 2.40. The third-order valence-electron chi connectivity index (χ3n) is 3.45. The topological polar surface area (TPSA) is 21.3 Å². The first kappa shape index (κ1) is 14.8. The first-order valence-corrected chi connectivity index (χ1v) is 6.16. The van der Waals surface area contributed by atoms with Crippen molar-refractivity contribution in [2.45, 2.75) is 38.8 Å². The highest BCUT2D eigenvalue weighted by Crippen LogP contribution is 2.47. The predicted molar refractivity (Wildman–Crippen MR) is 60.9 cm³/mol. The van der Waals surface area contributed by atoms with Crippen LogP contribution in [-0.4, -0.2) is 33.0 Å². The zero-order valence-electron chi connectivity index (χ0n) is 10.6. The van der Waals surface area contributed by atoms with Crippen molar-refractivity contribution in [2.75, 3.05) is 26.8 Å². The van der Waals surface area contributed by atoms with E-state index in [9.17, 15) is 13.2 Å². The summed E-state index contributed by atoms with van der Waals surface area (Å²) in [5, 5.41) is 3.17. The number of alkyl halides is 3. The van der Waals surface area contributed by atoms with Gasteiger partial charge in [-0.3, -0.25) is 0 Å². The monoisotopic (exact) mass is 253 g/mol. The molecule has 0 aromatic heterocycles. The van der Waals surface area contributed by atoms with Crippen molar-refractivity contribution < 1.29 is 17.9 Å². The Kier molecular flexibility index (Phi) is 5.25. The van der Waals surface area contributed by atoms with Crippen LogP contribution in [0, 0.1) is 11.3 Å². The molecule has 0 aliphatic heterocycles. The van der Waals surface area contributed by atoms with E-state index in [-0.39, 0.29) is 12.0 Å². The molecule has 1 aliphatic rings. The van der Waals surface area contributed by atoms with E-state index < -0.39 is 12.8 Å². The van der Waals surface area contributed by atoms with Gasteiger partial charge in [0.15, 0.2) is 0 Å². The van der Waals surface area contributed by atoms with Gasteiger partial charge >= 0.3 is 6.18 Å². The second-order valence-electron chi connectivity index (χ2n) is 5.23. The van der Waals surface area contributed by atoms with Gasteiger partial charge in [0.05, 0.1) is 0 Å². The van der Waals surface area contributed by atoms with Gasteiger partial charge in [0.1, 0.15) is 6.61 Å². The van der Waals surface area contributed by atoms with Crippen LogP contribution < -0.4 is 5.32 Å². The molecule has 0 aromatic carbocycles. The van der Waals surface area contributed by atoms with Crippen molar-refractivity contribution in [2.24, 2.45) is 11.3 Å². The van der Waals surface area contributed by atoms with Crippen molar-refractivity contribution in [3.8, 4) is 0 Å². The summed E-state index contributed by atoms with van der Waals surface area (Å²) >= 11 is 0. The van der Waals surface area contributed by atoms with E-state index in [1.54, 1.807) is 0 Å². The molecule has 0 amide bonds. The maximum Gasteiger partial charge on any atom is 0.411 e. The molecule has 0 saturated heterocycles. The quantitative estimate of drug-likeness (QED) is 0.671. The third kappa shape index (κ3) is 5.73. The van der Waals surface area contributed by atoms with E-state index in [4.69, 9.17) is 0 Å². The summed E-state index contributed by atoms with van der Waals surface area (Å²) in [5.74, 6) is 0.734. The molecule has 0 bridgehead atoms. The van der Waals surface area contributed by atoms with Gasteiger partial charge in [-0.05, 0) is 44.1 Å². The molecule has 1 atom stereocenters. The molecular formula is C12H22F3NO. The van der Waals surface area contributed by atoms with Gasteiger partial charge in [0.25, 0.3) is 0 Å². The number of ether oxygens (including phenoxy) is 1. The van der Waals surface area contributed by atoms with Crippen LogP contribution >= 0.6 is 0 Å². The minimum Gasteiger partial charge on any atom is -0.372 e. The summed E-state index contributed by atoms with van der Waals surface area (Å²) in [6, 6.07) is 0. The lowest BCUT2D eigenvalue weighted by Crippen LogP contribution is -2.32. The number of rotatable bonds is 8. The van der Waals surface area contributed by atoms with E-state index in [1.165, 1.54) is 12.8 Å². The molecule has 17 heavy (non-hydrogen) atoms. The van der Waals surface area contributed by atoms with Crippen LogP contribution in [0.1, 0.15) is 32.6 Å². The van der Waals surface area contributed by atoms with Gasteiger partial charge in [-0.1, -0.05) is 6.92 Å². The number of hydrogen-bond acceptors (Lipinski definition) is 2. The minimum absolute atomic E-state index is 0.200. The van der Waals surface area contributed by atoms with E-state index >= 15 is 0 Å². The smallest absolute Gasteiger partial charge is 0.372 e. The Morgan fingerprint density at radius 2 is 1.94 bits per heavy atom. The Bertz CT molecular complexity index is 228. The van der Waals surface area contributed by atoms with Gasteiger partial charge in [-0.2, -0.15) is 13.2 Å². The van der Waals surface area contributed by atoms with Crippen molar-refractivity contribution in [1.82, 2.24) is 5.32 Å². The first-order chi connectivity index (χ1) is 7.87. The molecule has 102 valence electrons.